The molecule has 1 saturated heterocycles. The Morgan fingerprint density at radius 1 is 1.07 bits per heavy atom. The van der Waals surface area contributed by atoms with E-state index >= 15 is 0 Å². The van der Waals surface area contributed by atoms with Crippen molar-refractivity contribution in [1.82, 2.24) is 9.88 Å². The standard InChI is InChI=1S/C27H28F3N5O5/c1-17(36)34-11-13-35(14-12-34)22-8-7-19(15-20(22)27(28,29)30)33-26(39)40-24-21(9-10-31-25(24)38)32-16-23(37)18-5-3-2-4-6-18/h2-10,15,23,37H,11-14,16H2,1H3,(H,33,39)(H2,31,32,38)/t23-/m1/s1. The molecule has 2 aromatic carbocycles. The van der Waals surface area contributed by atoms with Crippen LogP contribution in [0.3, 0.4) is 0 Å². The minimum atomic E-state index is -4.72. The maximum Gasteiger partial charge on any atom is 0.418 e. The van der Waals surface area contributed by atoms with Gasteiger partial charge in [-0.05, 0) is 29.8 Å². The van der Waals surface area contributed by atoms with Gasteiger partial charge in [-0.15, -0.1) is 0 Å². The number of amides is 2. The molecule has 3 aromatic rings. The van der Waals surface area contributed by atoms with Gasteiger partial charge in [0.15, 0.2) is 0 Å². The molecule has 4 rings (SSSR count). The summed E-state index contributed by atoms with van der Waals surface area (Å²) in [4.78, 5) is 42.0. The molecular formula is C27H28F3N5O5. The number of carbonyl (C=O) groups is 2. The first-order chi connectivity index (χ1) is 19.0. The molecule has 4 N–H and O–H groups in total. The Bertz CT molecular complexity index is 1410. The summed E-state index contributed by atoms with van der Waals surface area (Å²) in [5.41, 5.74) is -1.25. The van der Waals surface area contributed by atoms with Crippen molar-refractivity contribution >= 4 is 29.1 Å². The van der Waals surface area contributed by atoms with Crippen molar-refractivity contribution in [3.8, 4) is 5.75 Å². The molecule has 40 heavy (non-hydrogen) atoms. The monoisotopic (exact) mass is 559 g/mol. The van der Waals surface area contributed by atoms with Crippen molar-refractivity contribution in [2.45, 2.75) is 19.2 Å². The number of anilines is 3. The molecule has 1 aliphatic rings. The molecule has 1 aliphatic heterocycles. The number of benzene rings is 2. The number of aliphatic hydroxyl groups is 1. The van der Waals surface area contributed by atoms with E-state index < -0.39 is 35.2 Å². The van der Waals surface area contributed by atoms with Crippen molar-refractivity contribution in [2.24, 2.45) is 0 Å². The Hall–Kier alpha value is -4.52. The number of aromatic amines is 1. The van der Waals surface area contributed by atoms with E-state index in [4.69, 9.17) is 4.74 Å². The number of nitrogens with zero attached hydrogens (tertiary/aromatic N) is 2. The van der Waals surface area contributed by atoms with E-state index in [0.29, 0.717) is 18.7 Å². The van der Waals surface area contributed by atoms with Crippen LogP contribution in [0.1, 0.15) is 24.2 Å². The van der Waals surface area contributed by atoms with Gasteiger partial charge in [-0.1, -0.05) is 30.3 Å². The molecule has 10 nitrogen and oxygen atoms in total. The number of piperazine rings is 1. The lowest BCUT2D eigenvalue weighted by Crippen LogP contribution is -2.48. The number of ether oxygens (including phenoxy) is 1. The van der Waals surface area contributed by atoms with Crippen LogP contribution in [-0.4, -0.2) is 59.7 Å². The Kier molecular flexibility index (Phi) is 8.63. The summed E-state index contributed by atoms with van der Waals surface area (Å²) < 4.78 is 47.0. The highest BCUT2D eigenvalue weighted by Crippen LogP contribution is 2.38. The summed E-state index contributed by atoms with van der Waals surface area (Å²) in [5, 5.41) is 15.5. The zero-order chi connectivity index (χ0) is 28.9. The number of hydrogen-bond acceptors (Lipinski definition) is 7. The number of halogens is 3. The highest BCUT2D eigenvalue weighted by molar-refractivity contribution is 5.87. The molecule has 0 radical (unpaired) electrons. The van der Waals surface area contributed by atoms with Crippen LogP contribution >= 0.6 is 0 Å². The molecule has 13 heteroatoms. The SMILES string of the molecule is CC(=O)N1CCN(c2ccc(NC(=O)Oc3c(NC[C@@H](O)c4ccccc4)cc[nH]c3=O)cc2C(F)(F)F)CC1. The van der Waals surface area contributed by atoms with Gasteiger partial charge in [-0.25, -0.2) is 4.79 Å². The molecule has 212 valence electrons. The first-order valence-electron chi connectivity index (χ1n) is 12.4. The van der Waals surface area contributed by atoms with Crippen LogP contribution in [0.25, 0.3) is 0 Å². The van der Waals surface area contributed by atoms with Gasteiger partial charge in [0.05, 0.1) is 17.4 Å². The number of hydrogen-bond donors (Lipinski definition) is 4. The molecular weight excluding hydrogens is 531 g/mol. The normalized spacial score (nSPS) is 14.4. The fraction of sp³-hybridized carbons (Fsp3) is 0.296. The van der Waals surface area contributed by atoms with Crippen LogP contribution in [0.5, 0.6) is 5.75 Å². The topological polar surface area (TPSA) is 127 Å². The summed E-state index contributed by atoms with van der Waals surface area (Å²) in [6.07, 6.45) is -5.51. The highest BCUT2D eigenvalue weighted by atomic mass is 19.4. The lowest BCUT2D eigenvalue weighted by Gasteiger charge is -2.36. The third kappa shape index (κ3) is 6.91. The van der Waals surface area contributed by atoms with Gasteiger partial charge in [0.25, 0.3) is 5.56 Å². The summed E-state index contributed by atoms with van der Waals surface area (Å²) in [6.45, 7) is 2.44. The minimum Gasteiger partial charge on any atom is -0.402 e. The fourth-order valence-corrected chi connectivity index (χ4v) is 4.32. The Morgan fingerprint density at radius 2 is 1.77 bits per heavy atom. The predicted molar refractivity (Wildman–Crippen MR) is 143 cm³/mol. The van der Waals surface area contributed by atoms with Gasteiger partial charge in [0.1, 0.15) is 0 Å². The average molecular weight is 560 g/mol. The molecule has 0 aliphatic carbocycles. The van der Waals surface area contributed by atoms with E-state index in [2.05, 4.69) is 15.6 Å². The largest absolute Gasteiger partial charge is 0.418 e. The van der Waals surface area contributed by atoms with Crippen LogP contribution in [0, 0.1) is 0 Å². The highest BCUT2D eigenvalue weighted by Gasteiger charge is 2.36. The summed E-state index contributed by atoms with van der Waals surface area (Å²) in [7, 11) is 0. The van der Waals surface area contributed by atoms with E-state index in [1.54, 1.807) is 35.2 Å². The van der Waals surface area contributed by atoms with E-state index in [-0.39, 0.29) is 42.6 Å². The molecule has 2 heterocycles. The van der Waals surface area contributed by atoms with Gasteiger partial charge < -0.3 is 29.9 Å². The Balaban J connectivity index is 1.47. The number of carbonyl (C=O) groups excluding carboxylic acids is 2. The smallest absolute Gasteiger partial charge is 0.402 e. The van der Waals surface area contributed by atoms with E-state index in [1.165, 1.54) is 36.2 Å². The van der Waals surface area contributed by atoms with Crippen LogP contribution in [0.15, 0.2) is 65.6 Å². The number of alkyl halides is 3. The number of H-pyrrole nitrogens is 1. The maximum absolute atomic E-state index is 13.9. The number of aliphatic hydroxyl groups excluding tert-OH is 1. The third-order valence-corrected chi connectivity index (χ3v) is 6.39. The second-order valence-electron chi connectivity index (χ2n) is 9.09. The Labute approximate surface area is 227 Å². The first-order valence-corrected chi connectivity index (χ1v) is 12.4. The number of rotatable bonds is 7. The molecule has 1 fully saturated rings. The zero-order valence-electron chi connectivity index (χ0n) is 21.5. The second-order valence-corrected chi connectivity index (χ2v) is 9.09. The fourth-order valence-electron chi connectivity index (χ4n) is 4.32. The third-order valence-electron chi connectivity index (χ3n) is 6.39. The predicted octanol–water partition coefficient (Wildman–Crippen LogP) is 3.82. The van der Waals surface area contributed by atoms with Gasteiger partial charge in [-0.3, -0.25) is 14.9 Å². The first kappa shape index (κ1) is 28.5. The van der Waals surface area contributed by atoms with Crippen molar-refractivity contribution in [1.29, 1.82) is 0 Å². The lowest BCUT2D eigenvalue weighted by atomic mass is 10.1. The molecule has 0 saturated carbocycles. The summed E-state index contributed by atoms with van der Waals surface area (Å²) >= 11 is 0. The van der Waals surface area contributed by atoms with E-state index in [0.717, 1.165) is 6.07 Å². The number of nitrogens with one attached hydrogen (secondary N) is 3. The van der Waals surface area contributed by atoms with Crippen LogP contribution in [-0.2, 0) is 11.0 Å². The molecule has 1 aromatic heterocycles. The van der Waals surface area contributed by atoms with Crippen molar-refractivity contribution in [3.05, 3.63) is 82.3 Å². The Morgan fingerprint density at radius 3 is 2.42 bits per heavy atom. The maximum atomic E-state index is 13.9. The quantitative estimate of drug-likeness (QED) is 0.347. The number of pyridine rings is 1. The minimum absolute atomic E-state index is 0.0114. The van der Waals surface area contributed by atoms with Gasteiger partial charge >= 0.3 is 12.3 Å². The van der Waals surface area contributed by atoms with E-state index in [9.17, 15) is 32.7 Å². The van der Waals surface area contributed by atoms with Crippen LogP contribution in [0.4, 0.5) is 35.0 Å². The van der Waals surface area contributed by atoms with Crippen molar-refractivity contribution < 1.29 is 32.6 Å². The van der Waals surface area contributed by atoms with Gasteiger partial charge in [0.2, 0.25) is 11.7 Å². The zero-order valence-corrected chi connectivity index (χ0v) is 21.5. The molecule has 2 amide bonds. The molecule has 1 atom stereocenters. The van der Waals surface area contributed by atoms with Crippen molar-refractivity contribution in [2.75, 3.05) is 48.3 Å². The summed E-state index contributed by atoms with van der Waals surface area (Å²) in [5.74, 6) is -0.562. The van der Waals surface area contributed by atoms with Gasteiger partial charge in [-0.2, -0.15) is 13.2 Å². The summed E-state index contributed by atoms with van der Waals surface area (Å²) in [6, 6.07) is 13.5. The van der Waals surface area contributed by atoms with Crippen LogP contribution in [0.2, 0.25) is 0 Å². The second kappa shape index (κ2) is 12.1. The molecule has 0 spiro atoms. The van der Waals surface area contributed by atoms with Gasteiger partial charge in [0, 0.05) is 57.2 Å². The van der Waals surface area contributed by atoms with Crippen molar-refractivity contribution in [3.63, 3.8) is 0 Å². The number of aromatic nitrogens is 1. The average Bonchev–Trinajstić information content (AvgIpc) is 2.93. The van der Waals surface area contributed by atoms with Crippen LogP contribution < -0.4 is 25.8 Å². The van der Waals surface area contributed by atoms with E-state index in [1.807, 2.05) is 0 Å². The molecule has 0 unspecified atom stereocenters. The molecule has 0 bridgehead atoms. The lowest BCUT2D eigenvalue weighted by molar-refractivity contribution is -0.137.